The Kier molecular flexibility index (Phi) is 6.36. The lowest BCUT2D eigenvalue weighted by Gasteiger charge is -2.27. The van der Waals surface area contributed by atoms with Crippen LogP contribution in [0.1, 0.15) is 32.2 Å². The maximum Gasteiger partial charge on any atom is 0.407 e. The molecule has 0 saturated carbocycles. The molecule has 170 valence electrons. The van der Waals surface area contributed by atoms with E-state index in [1.165, 1.54) is 36.5 Å². The third-order valence-electron chi connectivity index (χ3n) is 4.57. The minimum absolute atomic E-state index is 0.0601. The first-order valence-corrected chi connectivity index (χ1v) is 11.4. The summed E-state index contributed by atoms with van der Waals surface area (Å²) in [7, 11) is -4.12. The van der Waals surface area contributed by atoms with E-state index < -0.39 is 21.7 Å². The van der Waals surface area contributed by atoms with Crippen molar-refractivity contribution in [2.75, 3.05) is 6.54 Å². The molecule has 0 bridgehead atoms. The number of amides is 1. The molecule has 0 aliphatic rings. The maximum atomic E-state index is 14.5. The average molecular weight is 461 g/mol. The van der Waals surface area contributed by atoms with Crippen molar-refractivity contribution in [3.05, 3.63) is 65.9 Å². The van der Waals surface area contributed by atoms with Crippen LogP contribution in [0, 0.1) is 18.2 Å². The van der Waals surface area contributed by atoms with Crippen LogP contribution in [0.25, 0.3) is 5.69 Å². The van der Waals surface area contributed by atoms with Crippen LogP contribution in [0.15, 0.2) is 58.6 Å². The number of carbonyl (C=O) groups is 1. The second-order valence-corrected chi connectivity index (χ2v) is 10.6. The quantitative estimate of drug-likeness (QED) is 0.594. The van der Waals surface area contributed by atoms with Gasteiger partial charge in [0.15, 0.2) is 5.03 Å². The van der Waals surface area contributed by atoms with Crippen LogP contribution < -0.4 is 0 Å². The van der Waals surface area contributed by atoms with Crippen LogP contribution in [0.4, 0.5) is 9.18 Å². The highest BCUT2D eigenvalue weighted by Crippen LogP contribution is 2.26. The van der Waals surface area contributed by atoms with Crippen molar-refractivity contribution in [1.82, 2.24) is 19.7 Å². The summed E-state index contributed by atoms with van der Waals surface area (Å²) in [6.45, 7) is 7.46. The van der Waals surface area contributed by atoms with Crippen LogP contribution in [-0.4, -0.2) is 45.8 Å². The molecule has 0 aliphatic heterocycles. The molecule has 2 heterocycles. The zero-order valence-corrected chi connectivity index (χ0v) is 19.1. The standard InChI is InChI=1S/C22H25FN4O4S/c1-15-9-10-17(12-24-15)32(30,31)20-11-16(13-26(21(28)29)14-22(2,3)4)25-27(20)19-8-6-5-7-18(19)23/h5-12H,13-14H2,1-4H3,(H,28,29). The van der Waals surface area contributed by atoms with Gasteiger partial charge in [0.2, 0.25) is 9.84 Å². The topological polar surface area (TPSA) is 105 Å². The van der Waals surface area contributed by atoms with E-state index in [-0.39, 0.29) is 39.8 Å². The summed E-state index contributed by atoms with van der Waals surface area (Å²) >= 11 is 0. The van der Waals surface area contributed by atoms with Gasteiger partial charge in [0.1, 0.15) is 11.5 Å². The second kappa shape index (κ2) is 8.70. The molecule has 8 nitrogen and oxygen atoms in total. The Balaban J connectivity index is 2.14. The maximum absolute atomic E-state index is 14.5. The van der Waals surface area contributed by atoms with Gasteiger partial charge in [-0.25, -0.2) is 22.3 Å². The van der Waals surface area contributed by atoms with Crippen molar-refractivity contribution in [2.24, 2.45) is 5.41 Å². The lowest BCUT2D eigenvalue weighted by molar-refractivity contribution is 0.122. The van der Waals surface area contributed by atoms with E-state index in [2.05, 4.69) is 10.1 Å². The molecule has 0 spiro atoms. The third-order valence-corrected chi connectivity index (χ3v) is 6.27. The van der Waals surface area contributed by atoms with E-state index in [1.54, 1.807) is 19.1 Å². The van der Waals surface area contributed by atoms with Crippen molar-refractivity contribution < 1.29 is 22.7 Å². The number of halogens is 1. The Labute approximate surface area is 186 Å². The minimum atomic E-state index is -4.12. The van der Waals surface area contributed by atoms with E-state index in [9.17, 15) is 22.7 Å². The Hall–Kier alpha value is -3.27. The zero-order chi connectivity index (χ0) is 23.7. The molecule has 1 amide bonds. The predicted molar refractivity (Wildman–Crippen MR) is 116 cm³/mol. The van der Waals surface area contributed by atoms with Gasteiger partial charge >= 0.3 is 6.09 Å². The number of pyridine rings is 1. The molecule has 0 fully saturated rings. The van der Waals surface area contributed by atoms with Crippen molar-refractivity contribution in [1.29, 1.82) is 0 Å². The summed E-state index contributed by atoms with van der Waals surface area (Å²) in [4.78, 5) is 16.9. The number of hydrogen-bond donors (Lipinski definition) is 1. The summed E-state index contributed by atoms with van der Waals surface area (Å²) in [6.07, 6.45) is 0.0686. The monoisotopic (exact) mass is 460 g/mol. The van der Waals surface area contributed by atoms with Gasteiger partial charge in [-0.3, -0.25) is 4.98 Å². The molecular formula is C22H25FN4O4S. The van der Waals surface area contributed by atoms with Gasteiger partial charge in [-0.05, 0) is 36.6 Å². The minimum Gasteiger partial charge on any atom is -0.465 e. The summed E-state index contributed by atoms with van der Waals surface area (Å²) < 4.78 is 42.3. The number of para-hydroxylation sites is 1. The number of benzene rings is 1. The molecule has 10 heteroatoms. The van der Waals surface area contributed by atoms with Crippen LogP contribution in [-0.2, 0) is 16.4 Å². The van der Waals surface area contributed by atoms with Gasteiger partial charge in [-0.15, -0.1) is 0 Å². The van der Waals surface area contributed by atoms with Crippen LogP contribution >= 0.6 is 0 Å². The van der Waals surface area contributed by atoms with Crippen molar-refractivity contribution in [2.45, 2.75) is 44.2 Å². The molecule has 0 unspecified atom stereocenters. The first kappa shape index (κ1) is 23.4. The molecule has 3 aromatic rings. The summed E-state index contributed by atoms with van der Waals surface area (Å²) in [5, 5.41) is 13.6. The number of aryl methyl sites for hydroxylation is 1. The molecule has 1 aromatic carbocycles. The molecule has 1 N–H and O–H groups in total. The molecule has 0 saturated heterocycles. The van der Waals surface area contributed by atoms with Crippen LogP contribution in [0.5, 0.6) is 0 Å². The fraction of sp³-hybridized carbons (Fsp3) is 0.318. The lowest BCUT2D eigenvalue weighted by atomic mass is 9.96. The smallest absolute Gasteiger partial charge is 0.407 e. The van der Waals surface area contributed by atoms with Gasteiger partial charge in [0.25, 0.3) is 0 Å². The van der Waals surface area contributed by atoms with Gasteiger partial charge in [0, 0.05) is 24.5 Å². The lowest BCUT2D eigenvalue weighted by Crippen LogP contribution is -2.36. The Morgan fingerprint density at radius 2 is 1.88 bits per heavy atom. The van der Waals surface area contributed by atoms with E-state index in [1.807, 2.05) is 20.8 Å². The number of aromatic nitrogens is 3. The highest BCUT2D eigenvalue weighted by molar-refractivity contribution is 7.91. The molecule has 0 atom stereocenters. The van der Waals surface area contributed by atoms with E-state index in [4.69, 9.17) is 0 Å². The highest BCUT2D eigenvalue weighted by Gasteiger charge is 2.28. The predicted octanol–water partition coefficient (Wildman–Crippen LogP) is 4.07. The number of carboxylic acid groups (broad SMARTS) is 1. The number of rotatable bonds is 6. The SMILES string of the molecule is Cc1ccc(S(=O)(=O)c2cc(CN(CC(C)(C)C)C(=O)O)nn2-c2ccccc2F)cn1. The molecule has 3 rings (SSSR count). The van der Waals surface area contributed by atoms with Gasteiger partial charge < -0.3 is 10.0 Å². The Morgan fingerprint density at radius 1 is 1.19 bits per heavy atom. The number of nitrogens with zero attached hydrogens (tertiary/aromatic N) is 4. The number of sulfone groups is 1. The van der Waals surface area contributed by atoms with E-state index in [0.29, 0.717) is 5.69 Å². The normalized spacial score (nSPS) is 12.0. The summed E-state index contributed by atoms with van der Waals surface area (Å²) in [6, 6.07) is 9.91. The van der Waals surface area contributed by atoms with Gasteiger partial charge in [-0.1, -0.05) is 32.9 Å². The van der Waals surface area contributed by atoms with Gasteiger partial charge in [-0.2, -0.15) is 5.10 Å². The average Bonchev–Trinajstić information content (AvgIpc) is 3.11. The van der Waals surface area contributed by atoms with Crippen molar-refractivity contribution >= 4 is 15.9 Å². The summed E-state index contributed by atoms with van der Waals surface area (Å²) in [5.41, 5.74) is 0.440. The molecule has 2 aromatic heterocycles. The van der Waals surface area contributed by atoms with Crippen molar-refractivity contribution in [3.63, 3.8) is 0 Å². The Bertz CT molecular complexity index is 1230. The third kappa shape index (κ3) is 5.13. The first-order chi connectivity index (χ1) is 14.9. The number of hydrogen-bond acceptors (Lipinski definition) is 5. The molecule has 0 radical (unpaired) electrons. The molecular weight excluding hydrogens is 435 g/mol. The fourth-order valence-corrected chi connectivity index (χ4v) is 4.51. The van der Waals surface area contributed by atoms with Crippen LogP contribution in [0.3, 0.4) is 0 Å². The largest absolute Gasteiger partial charge is 0.465 e. The highest BCUT2D eigenvalue weighted by atomic mass is 32.2. The zero-order valence-electron chi connectivity index (χ0n) is 18.3. The molecule has 32 heavy (non-hydrogen) atoms. The van der Waals surface area contributed by atoms with Crippen molar-refractivity contribution in [3.8, 4) is 5.69 Å². The summed E-state index contributed by atoms with van der Waals surface area (Å²) in [5.74, 6) is -0.662. The first-order valence-electron chi connectivity index (χ1n) is 9.88. The Morgan fingerprint density at radius 3 is 2.44 bits per heavy atom. The second-order valence-electron chi connectivity index (χ2n) is 8.68. The van der Waals surface area contributed by atoms with Gasteiger partial charge in [0.05, 0.1) is 17.1 Å². The van der Waals surface area contributed by atoms with E-state index in [0.717, 1.165) is 9.58 Å². The molecule has 0 aliphatic carbocycles. The fourth-order valence-electron chi connectivity index (χ4n) is 3.17. The van der Waals surface area contributed by atoms with E-state index >= 15 is 0 Å². The van der Waals surface area contributed by atoms with Crippen LogP contribution in [0.2, 0.25) is 0 Å².